The number of hydrogen-bond donors (Lipinski definition) is 1. The quantitative estimate of drug-likeness (QED) is 0.699. The van der Waals surface area contributed by atoms with Crippen LogP contribution >= 0.6 is 0 Å². The van der Waals surface area contributed by atoms with Gasteiger partial charge >= 0.3 is 0 Å². The first-order valence-electron chi connectivity index (χ1n) is 5.36. The van der Waals surface area contributed by atoms with Gasteiger partial charge in [0.1, 0.15) is 5.82 Å². The SMILES string of the molecule is CCOCCCNCc1ccccc1F. The Morgan fingerprint density at radius 3 is 2.87 bits per heavy atom. The molecule has 1 aromatic rings. The van der Waals surface area contributed by atoms with Gasteiger partial charge in [-0.05, 0) is 26.0 Å². The van der Waals surface area contributed by atoms with Crippen molar-refractivity contribution in [3.8, 4) is 0 Å². The highest BCUT2D eigenvalue weighted by molar-refractivity contribution is 5.16. The predicted octanol–water partition coefficient (Wildman–Crippen LogP) is 2.34. The number of rotatable bonds is 7. The number of nitrogens with one attached hydrogen (secondary N) is 1. The normalized spacial score (nSPS) is 10.5. The average molecular weight is 211 g/mol. The minimum atomic E-state index is -0.144. The average Bonchev–Trinajstić information content (AvgIpc) is 2.25. The largest absolute Gasteiger partial charge is 0.382 e. The van der Waals surface area contributed by atoms with Crippen LogP contribution in [0.2, 0.25) is 0 Å². The molecule has 0 bridgehead atoms. The molecule has 1 rings (SSSR count). The summed E-state index contributed by atoms with van der Waals surface area (Å²) in [5, 5.41) is 3.18. The lowest BCUT2D eigenvalue weighted by molar-refractivity contribution is 0.144. The third kappa shape index (κ3) is 4.91. The Bertz CT molecular complexity index is 278. The van der Waals surface area contributed by atoms with Gasteiger partial charge in [0.25, 0.3) is 0 Å². The first kappa shape index (κ1) is 12.1. The fourth-order valence-corrected chi connectivity index (χ4v) is 1.31. The molecule has 0 heterocycles. The number of halogens is 1. The van der Waals surface area contributed by atoms with E-state index in [1.807, 2.05) is 13.0 Å². The Balaban J connectivity index is 2.12. The van der Waals surface area contributed by atoms with Crippen LogP contribution in [-0.4, -0.2) is 19.8 Å². The zero-order valence-electron chi connectivity index (χ0n) is 9.13. The molecule has 0 aliphatic rings. The Kier molecular flexibility index (Phi) is 5.97. The minimum Gasteiger partial charge on any atom is -0.382 e. The minimum absolute atomic E-state index is 0.144. The van der Waals surface area contributed by atoms with E-state index in [4.69, 9.17) is 4.74 Å². The van der Waals surface area contributed by atoms with Crippen LogP contribution in [0.3, 0.4) is 0 Å². The van der Waals surface area contributed by atoms with Crippen LogP contribution in [0.15, 0.2) is 24.3 Å². The molecule has 1 N–H and O–H groups in total. The molecule has 0 saturated carbocycles. The van der Waals surface area contributed by atoms with Crippen LogP contribution in [0.5, 0.6) is 0 Å². The molecule has 0 fully saturated rings. The zero-order valence-corrected chi connectivity index (χ0v) is 9.13. The third-order valence-electron chi connectivity index (χ3n) is 2.12. The molecule has 0 aromatic heterocycles. The first-order valence-corrected chi connectivity index (χ1v) is 5.36. The number of ether oxygens (including phenoxy) is 1. The van der Waals surface area contributed by atoms with Gasteiger partial charge in [0.15, 0.2) is 0 Å². The van der Waals surface area contributed by atoms with Gasteiger partial charge in [-0.2, -0.15) is 0 Å². The highest BCUT2D eigenvalue weighted by Gasteiger charge is 1.98. The van der Waals surface area contributed by atoms with Crippen molar-refractivity contribution in [3.05, 3.63) is 35.6 Å². The van der Waals surface area contributed by atoms with Gasteiger partial charge in [-0.25, -0.2) is 4.39 Å². The van der Waals surface area contributed by atoms with Crippen LogP contribution < -0.4 is 5.32 Å². The van der Waals surface area contributed by atoms with Crippen molar-refractivity contribution < 1.29 is 9.13 Å². The van der Waals surface area contributed by atoms with Crippen molar-refractivity contribution in [2.24, 2.45) is 0 Å². The van der Waals surface area contributed by atoms with E-state index in [1.165, 1.54) is 6.07 Å². The van der Waals surface area contributed by atoms with Gasteiger partial charge in [0, 0.05) is 25.3 Å². The number of benzene rings is 1. The smallest absolute Gasteiger partial charge is 0.127 e. The second kappa shape index (κ2) is 7.37. The standard InChI is InChI=1S/C12H18FNO/c1-2-15-9-5-8-14-10-11-6-3-4-7-12(11)13/h3-4,6-7,14H,2,5,8-10H2,1H3. The summed E-state index contributed by atoms with van der Waals surface area (Å²) in [5.74, 6) is -0.144. The number of hydrogen-bond acceptors (Lipinski definition) is 2. The van der Waals surface area contributed by atoms with E-state index in [1.54, 1.807) is 12.1 Å². The Hall–Kier alpha value is -0.930. The Morgan fingerprint density at radius 2 is 2.13 bits per heavy atom. The fraction of sp³-hybridized carbons (Fsp3) is 0.500. The summed E-state index contributed by atoms with van der Waals surface area (Å²) >= 11 is 0. The van der Waals surface area contributed by atoms with Gasteiger partial charge < -0.3 is 10.1 Å². The summed E-state index contributed by atoms with van der Waals surface area (Å²) in [6.45, 7) is 4.94. The molecule has 84 valence electrons. The lowest BCUT2D eigenvalue weighted by atomic mass is 10.2. The summed E-state index contributed by atoms with van der Waals surface area (Å²) in [5.41, 5.74) is 0.717. The van der Waals surface area contributed by atoms with Crippen molar-refractivity contribution >= 4 is 0 Å². The van der Waals surface area contributed by atoms with E-state index in [0.29, 0.717) is 12.1 Å². The summed E-state index contributed by atoms with van der Waals surface area (Å²) in [4.78, 5) is 0. The van der Waals surface area contributed by atoms with Crippen molar-refractivity contribution in [1.82, 2.24) is 5.32 Å². The molecule has 0 atom stereocenters. The van der Waals surface area contributed by atoms with E-state index in [2.05, 4.69) is 5.32 Å². The molecule has 0 aliphatic carbocycles. The fourth-order valence-electron chi connectivity index (χ4n) is 1.31. The van der Waals surface area contributed by atoms with Crippen LogP contribution in [0.4, 0.5) is 4.39 Å². The topological polar surface area (TPSA) is 21.3 Å². The molecule has 0 aliphatic heterocycles. The third-order valence-corrected chi connectivity index (χ3v) is 2.12. The van der Waals surface area contributed by atoms with Gasteiger partial charge in [0.05, 0.1) is 0 Å². The zero-order chi connectivity index (χ0) is 10.9. The molecule has 15 heavy (non-hydrogen) atoms. The lowest BCUT2D eigenvalue weighted by Crippen LogP contribution is -2.17. The second-order valence-electron chi connectivity index (χ2n) is 3.32. The molecular formula is C12H18FNO. The summed E-state index contributed by atoms with van der Waals surface area (Å²) < 4.78 is 18.4. The van der Waals surface area contributed by atoms with Crippen LogP contribution in [0, 0.1) is 5.82 Å². The molecule has 2 nitrogen and oxygen atoms in total. The van der Waals surface area contributed by atoms with E-state index in [0.717, 1.165) is 26.2 Å². The first-order chi connectivity index (χ1) is 7.34. The summed E-state index contributed by atoms with van der Waals surface area (Å²) in [7, 11) is 0. The van der Waals surface area contributed by atoms with Gasteiger partial charge in [-0.3, -0.25) is 0 Å². The molecule has 0 radical (unpaired) electrons. The maximum Gasteiger partial charge on any atom is 0.127 e. The van der Waals surface area contributed by atoms with Gasteiger partial charge in [-0.15, -0.1) is 0 Å². The highest BCUT2D eigenvalue weighted by atomic mass is 19.1. The van der Waals surface area contributed by atoms with Crippen molar-refractivity contribution in [2.75, 3.05) is 19.8 Å². The van der Waals surface area contributed by atoms with E-state index >= 15 is 0 Å². The van der Waals surface area contributed by atoms with Gasteiger partial charge in [0.2, 0.25) is 0 Å². The Morgan fingerprint density at radius 1 is 1.33 bits per heavy atom. The molecular weight excluding hydrogens is 193 g/mol. The summed E-state index contributed by atoms with van der Waals surface area (Å²) in [6, 6.07) is 6.83. The van der Waals surface area contributed by atoms with Gasteiger partial charge in [-0.1, -0.05) is 18.2 Å². The van der Waals surface area contributed by atoms with E-state index in [-0.39, 0.29) is 5.82 Å². The molecule has 0 saturated heterocycles. The van der Waals surface area contributed by atoms with Crippen molar-refractivity contribution in [3.63, 3.8) is 0 Å². The molecule has 0 amide bonds. The highest BCUT2D eigenvalue weighted by Crippen LogP contribution is 2.05. The van der Waals surface area contributed by atoms with Crippen LogP contribution in [-0.2, 0) is 11.3 Å². The molecule has 0 spiro atoms. The predicted molar refractivity (Wildman–Crippen MR) is 59.2 cm³/mol. The maximum atomic E-state index is 13.2. The van der Waals surface area contributed by atoms with Crippen LogP contribution in [0.1, 0.15) is 18.9 Å². The summed E-state index contributed by atoms with van der Waals surface area (Å²) in [6.07, 6.45) is 0.961. The second-order valence-corrected chi connectivity index (χ2v) is 3.32. The lowest BCUT2D eigenvalue weighted by Gasteiger charge is -2.05. The van der Waals surface area contributed by atoms with E-state index in [9.17, 15) is 4.39 Å². The molecule has 1 aromatic carbocycles. The van der Waals surface area contributed by atoms with Crippen molar-refractivity contribution in [1.29, 1.82) is 0 Å². The van der Waals surface area contributed by atoms with E-state index < -0.39 is 0 Å². The molecule has 0 unspecified atom stereocenters. The van der Waals surface area contributed by atoms with Crippen LogP contribution in [0.25, 0.3) is 0 Å². The van der Waals surface area contributed by atoms with Crippen molar-refractivity contribution in [2.45, 2.75) is 19.9 Å². The maximum absolute atomic E-state index is 13.2. The molecule has 3 heteroatoms. The monoisotopic (exact) mass is 211 g/mol. The Labute approximate surface area is 90.4 Å².